The summed E-state index contributed by atoms with van der Waals surface area (Å²) in [5.74, 6) is -0.249. The van der Waals surface area contributed by atoms with Gasteiger partial charge in [0, 0.05) is 9.85 Å². The van der Waals surface area contributed by atoms with E-state index in [9.17, 15) is 22.8 Å². The van der Waals surface area contributed by atoms with Gasteiger partial charge in [0.1, 0.15) is 4.88 Å². The van der Waals surface area contributed by atoms with Crippen LogP contribution in [0.4, 0.5) is 0 Å². The quantitative estimate of drug-likeness (QED) is 0.435. The summed E-state index contributed by atoms with van der Waals surface area (Å²) in [7, 11) is -4.28. The van der Waals surface area contributed by atoms with Gasteiger partial charge in [-0.25, -0.2) is 14.4 Å². The van der Waals surface area contributed by atoms with Crippen LogP contribution in [-0.2, 0) is 24.5 Å². The number of rotatable bonds is 4. The number of carbonyl (C=O) groups excluding carboxylic acids is 3. The van der Waals surface area contributed by atoms with Crippen molar-refractivity contribution in [2.75, 3.05) is 0 Å². The first-order valence-electron chi connectivity index (χ1n) is 5.10. The molecule has 1 aromatic heterocycles. The van der Waals surface area contributed by atoms with E-state index in [0.29, 0.717) is 17.0 Å². The van der Waals surface area contributed by atoms with E-state index in [0.717, 1.165) is 4.47 Å². The average Bonchev–Trinajstić information content (AvgIpc) is 2.75. The molecule has 0 unspecified atom stereocenters. The predicted molar refractivity (Wildman–Crippen MR) is 77.7 cm³/mol. The molecule has 11 heteroatoms. The van der Waals surface area contributed by atoms with E-state index >= 15 is 0 Å². The molecule has 21 heavy (non-hydrogen) atoms. The maximum Gasteiger partial charge on any atom is 0.383 e. The summed E-state index contributed by atoms with van der Waals surface area (Å²) in [5.41, 5.74) is 0. The fraction of sp³-hybridized carbons (Fsp3) is 0.300. The number of hydrogen-bond acceptors (Lipinski definition) is 7. The highest BCUT2D eigenvalue weighted by Gasteiger charge is 2.10. The summed E-state index contributed by atoms with van der Waals surface area (Å²) >= 11 is 4.65. The van der Waals surface area contributed by atoms with Crippen LogP contribution >= 0.6 is 27.3 Å². The molecule has 0 radical (unpaired) electrons. The summed E-state index contributed by atoms with van der Waals surface area (Å²) < 4.78 is 30.2. The molecule has 0 saturated carbocycles. The first-order chi connectivity index (χ1) is 9.71. The van der Waals surface area contributed by atoms with E-state index in [1.807, 2.05) is 19.2 Å². The molecular formula is C10H9BrN2O6S2. The SMILES string of the molecule is CC(C)OC(=O)c1cc(Br)cs1.O=C=NS(=O)(=O)N=C=O. The van der Waals surface area contributed by atoms with E-state index < -0.39 is 10.2 Å². The highest BCUT2D eigenvalue weighted by molar-refractivity contribution is 9.10. The molecule has 0 saturated heterocycles. The van der Waals surface area contributed by atoms with E-state index in [1.54, 1.807) is 6.07 Å². The molecule has 0 amide bonds. The summed E-state index contributed by atoms with van der Waals surface area (Å²) in [4.78, 5) is 30.3. The van der Waals surface area contributed by atoms with Crippen molar-refractivity contribution in [3.8, 4) is 0 Å². The Hall–Kier alpha value is -1.64. The molecule has 0 fully saturated rings. The predicted octanol–water partition coefficient (Wildman–Crippen LogP) is 1.98. The number of isocyanates is 2. The number of thiophene rings is 1. The van der Waals surface area contributed by atoms with Crippen molar-refractivity contribution in [2.45, 2.75) is 20.0 Å². The van der Waals surface area contributed by atoms with Crippen LogP contribution in [0.15, 0.2) is 24.7 Å². The molecule has 0 N–H and O–H groups in total. The van der Waals surface area contributed by atoms with Gasteiger partial charge in [0.15, 0.2) is 0 Å². The number of carbonyl (C=O) groups is 1. The van der Waals surface area contributed by atoms with Crippen molar-refractivity contribution in [3.63, 3.8) is 0 Å². The van der Waals surface area contributed by atoms with Gasteiger partial charge in [-0.2, -0.15) is 8.42 Å². The molecule has 0 bridgehead atoms. The Morgan fingerprint density at radius 3 is 2.19 bits per heavy atom. The second-order valence-electron chi connectivity index (χ2n) is 3.40. The standard InChI is InChI=1S/C8H9BrO2S.C2N2O4S/c1-5(2)11-8(10)7-3-6(9)4-12-7;5-1-3-9(7,8)4-2-6/h3-5H,1-2H3;. The minimum absolute atomic E-state index is 0.0571. The van der Waals surface area contributed by atoms with Gasteiger partial charge in [-0.05, 0) is 35.8 Å². The molecule has 0 aliphatic rings. The highest BCUT2D eigenvalue weighted by atomic mass is 79.9. The molecule has 1 rings (SSSR count). The minimum Gasteiger partial charge on any atom is -0.459 e. The molecule has 0 aromatic carbocycles. The van der Waals surface area contributed by atoms with Crippen LogP contribution in [0.25, 0.3) is 0 Å². The second kappa shape index (κ2) is 9.32. The number of esters is 1. The van der Waals surface area contributed by atoms with Crippen molar-refractivity contribution in [2.24, 2.45) is 8.80 Å². The zero-order valence-electron chi connectivity index (χ0n) is 10.8. The maximum absolute atomic E-state index is 11.2. The Balaban J connectivity index is 0.000000400. The third kappa shape index (κ3) is 9.01. The van der Waals surface area contributed by atoms with Crippen LogP contribution in [0, 0.1) is 0 Å². The summed E-state index contributed by atoms with van der Waals surface area (Å²) in [6, 6.07) is 1.76. The fourth-order valence-electron chi connectivity index (χ4n) is 0.807. The Morgan fingerprint density at radius 1 is 1.33 bits per heavy atom. The van der Waals surface area contributed by atoms with Crippen molar-refractivity contribution < 1.29 is 27.5 Å². The summed E-state index contributed by atoms with van der Waals surface area (Å²) in [6.07, 6.45) is 1.36. The lowest BCUT2D eigenvalue weighted by molar-refractivity contribution is 0.0383. The largest absolute Gasteiger partial charge is 0.459 e. The Kier molecular flexibility index (Phi) is 8.60. The van der Waals surface area contributed by atoms with Crippen molar-refractivity contribution in [1.29, 1.82) is 0 Å². The molecule has 8 nitrogen and oxygen atoms in total. The molecule has 0 spiro atoms. The first-order valence-corrected chi connectivity index (χ1v) is 8.17. The van der Waals surface area contributed by atoms with Crippen LogP contribution in [0.2, 0.25) is 0 Å². The van der Waals surface area contributed by atoms with Gasteiger partial charge in [0.05, 0.1) is 6.10 Å². The van der Waals surface area contributed by atoms with Crippen molar-refractivity contribution in [1.82, 2.24) is 0 Å². The summed E-state index contributed by atoms with van der Waals surface area (Å²) in [5, 5.41) is 1.86. The van der Waals surface area contributed by atoms with Gasteiger partial charge in [-0.15, -0.1) is 11.3 Å². The van der Waals surface area contributed by atoms with E-state index in [-0.39, 0.29) is 12.1 Å². The first kappa shape index (κ1) is 19.4. The van der Waals surface area contributed by atoms with Gasteiger partial charge in [0.25, 0.3) is 12.2 Å². The minimum atomic E-state index is -4.28. The number of ether oxygens (including phenoxy) is 1. The normalized spacial score (nSPS) is 9.71. The molecule has 1 aromatic rings. The topological polar surface area (TPSA) is 119 Å². The average molecular weight is 397 g/mol. The lowest BCUT2D eigenvalue weighted by atomic mass is 10.4. The number of nitrogens with zero attached hydrogens (tertiary/aromatic N) is 2. The van der Waals surface area contributed by atoms with Gasteiger partial charge >= 0.3 is 16.2 Å². The van der Waals surface area contributed by atoms with Crippen LogP contribution in [0.5, 0.6) is 0 Å². The summed E-state index contributed by atoms with van der Waals surface area (Å²) in [6.45, 7) is 3.67. The zero-order valence-corrected chi connectivity index (χ0v) is 14.0. The second-order valence-corrected chi connectivity index (χ2v) is 6.48. The maximum atomic E-state index is 11.2. The molecular weight excluding hydrogens is 388 g/mol. The number of hydrogen-bond donors (Lipinski definition) is 0. The zero-order chi connectivity index (χ0) is 16.5. The fourth-order valence-corrected chi connectivity index (χ4v) is 2.34. The molecule has 0 atom stereocenters. The van der Waals surface area contributed by atoms with Crippen LogP contribution in [-0.4, -0.2) is 32.7 Å². The van der Waals surface area contributed by atoms with E-state index in [4.69, 9.17) is 4.74 Å². The lowest BCUT2D eigenvalue weighted by Crippen LogP contribution is -2.09. The molecule has 0 aliphatic heterocycles. The smallest absolute Gasteiger partial charge is 0.383 e. The molecule has 1 heterocycles. The van der Waals surface area contributed by atoms with Gasteiger partial charge in [-0.1, -0.05) is 8.80 Å². The van der Waals surface area contributed by atoms with Gasteiger partial charge in [-0.3, -0.25) is 0 Å². The van der Waals surface area contributed by atoms with Crippen LogP contribution < -0.4 is 0 Å². The van der Waals surface area contributed by atoms with Crippen LogP contribution in [0.3, 0.4) is 0 Å². The third-order valence-corrected chi connectivity index (χ3v) is 3.70. The number of halogens is 1. The van der Waals surface area contributed by atoms with Gasteiger partial charge in [0.2, 0.25) is 0 Å². The highest BCUT2D eigenvalue weighted by Crippen LogP contribution is 2.20. The van der Waals surface area contributed by atoms with Crippen molar-refractivity contribution in [3.05, 3.63) is 20.8 Å². The lowest BCUT2D eigenvalue weighted by Gasteiger charge is -2.04. The monoisotopic (exact) mass is 396 g/mol. The van der Waals surface area contributed by atoms with Gasteiger partial charge < -0.3 is 4.74 Å². The van der Waals surface area contributed by atoms with Crippen molar-refractivity contribution >= 4 is 55.6 Å². The third-order valence-electron chi connectivity index (χ3n) is 1.42. The Bertz CT molecular complexity index is 660. The molecule has 114 valence electrons. The van der Waals surface area contributed by atoms with Crippen LogP contribution in [0.1, 0.15) is 23.5 Å². The van der Waals surface area contributed by atoms with E-state index in [1.165, 1.54) is 11.3 Å². The molecule has 0 aliphatic carbocycles. The van der Waals surface area contributed by atoms with E-state index in [2.05, 4.69) is 24.7 Å². The Labute approximate surface area is 132 Å². The Morgan fingerprint density at radius 2 is 1.86 bits per heavy atom.